The summed E-state index contributed by atoms with van der Waals surface area (Å²) in [5, 5.41) is 0. The molecule has 0 saturated carbocycles. The molecule has 4 nitrogen and oxygen atoms in total. The molecular formula is C18H26N4. The zero-order valence-electron chi connectivity index (χ0n) is 13.0. The van der Waals surface area contributed by atoms with Crippen LogP contribution in [-0.4, -0.2) is 0 Å². The van der Waals surface area contributed by atoms with Crippen LogP contribution in [0.25, 0.3) is 0 Å². The minimum atomic E-state index is -0.0416. The third-order valence-electron chi connectivity index (χ3n) is 3.97. The summed E-state index contributed by atoms with van der Waals surface area (Å²) in [5.74, 6) is 0. The number of unbranched alkanes of at least 4 members (excludes halogenated alkanes) is 2. The molecule has 2 aromatic carbocycles. The molecule has 0 amide bonds. The maximum absolute atomic E-state index is 6.23. The van der Waals surface area contributed by atoms with E-state index in [0.29, 0.717) is 5.69 Å². The molecule has 0 bridgehead atoms. The van der Waals surface area contributed by atoms with Gasteiger partial charge >= 0.3 is 0 Å². The van der Waals surface area contributed by atoms with Gasteiger partial charge in [-0.25, -0.2) is 0 Å². The highest BCUT2D eigenvalue weighted by Crippen LogP contribution is 2.25. The Kier molecular flexibility index (Phi) is 5.67. The lowest BCUT2D eigenvalue weighted by atomic mass is 9.98. The summed E-state index contributed by atoms with van der Waals surface area (Å²) >= 11 is 0. The van der Waals surface area contributed by atoms with Gasteiger partial charge in [-0.3, -0.25) is 0 Å². The van der Waals surface area contributed by atoms with Crippen LogP contribution in [0, 0.1) is 0 Å². The molecule has 118 valence electrons. The third-order valence-corrected chi connectivity index (χ3v) is 3.97. The molecule has 0 aromatic heterocycles. The smallest absolute Gasteiger partial charge is 0.0363 e. The second-order valence-electron chi connectivity index (χ2n) is 5.84. The summed E-state index contributed by atoms with van der Waals surface area (Å²) in [6, 6.07) is 13.6. The molecule has 0 saturated heterocycles. The number of aryl methyl sites for hydroxylation is 1. The lowest BCUT2D eigenvalue weighted by molar-refractivity contribution is 0.571. The van der Waals surface area contributed by atoms with Crippen molar-refractivity contribution in [1.82, 2.24) is 0 Å². The Hall–Kier alpha value is -2.20. The van der Waals surface area contributed by atoms with Gasteiger partial charge < -0.3 is 22.9 Å². The van der Waals surface area contributed by atoms with E-state index in [1.54, 1.807) is 6.07 Å². The second-order valence-corrected chi connectivity index (χ2v) is 5.84. The van der Waals surface area contributed by atoms with Crippen molar-refractivity contribution in [2.45, 2.75) is 38.1 Å². The van der Waals surface area contributed by atoms with E-state index in [9.17, 15) is 0 Å². The topological polar surface area (TPSA) is 104 Å². The van der Waals surface area contributed by atoms with E-state index in [-0.39, 0.29) is 6.04 Å². The van der Waals surface area contributed by atoms with Gasteiger partial charge in [0.05, 0.1) is 0 Å². The van der Waals surface area contributed by atoms with Crippen LogP contribution in [0.4, 0.5) is 17.1 Å². The van der Waals surface area contributed by atoms with E-state index < -0.39 is 0 Å². The standard InChI is InChI=1S/C18H26N4/c19-14-8-6-13(7-9-14)4-2-1-3-5-17(21)16-12-15(20)10-11-18(16)22/h6-12,17H,1-5,19-22H2. The monoisotopic (exact) mass is 298 g/mol. The molecule has 22 heavy (non-hydrogen) atoms. The average Bonchev–Trinajstić information content (AvgIpc) is 2.51. The van der Waals surface area contributed by atoms with Gasteiger partial charge in [-0.1, -0.05) is 25.0 Å². The molecule has 2 rings (SSSR count). The van der Waals surface area contributed by atoms with E-state index >= 15 is 0 Å². The van der Waals surface area contributed by atoms with Crippen molar-refractivity contribution in [3.8, 4) is 0 Å². The van der Waals surface area contributed by atoms with Gasteiger partial charge in [0.25, 0.3) is 0 Å². The van der Waals surface area contributed by atoms with Gasteiger partial charge in [0.15, 0.2) is 0 Å². The molecule has 0 fully saturated rings. The van der Waals surface area contributed by atoms with E-state index in [2.05, 4.69) is 12.1 Å². The van der Waals surface area contributed by atoms with Crippen LogP contribution < -0.4 is 22.9 Å². The summed E-state index contributed by atoms with van der Waals surface area (Å²) in [7, 11) is 0. The first-order chi connectivity index (χ1) is 10.6. The quantitative estimate of drug-likeness (QED) is 0.465. The number of nitrogen functional groups attached to an aromatic ring is 3. The van der Waals surface area contributed by atoms with Gasteiger partial charge in [-0.05, 0) is 60.7 Å². The Morgan fingerprint density at radius 1 is 0.773 bits per heavy atom. The van der Waals surface area contributed by atoms with E-state index in [1.807, 2.05) is 24.3 Å². The Balaban J connectivity index is 1.72. The third kappa shape index (κ3) is 4.67. The molecule has 0 aliphatic rings. The summed E-state index contributed by atoms with van der Waals surface area (Å²) in [6.45, 7) is 0. The Bertz CT molecular complexity index is 593. The van der Waals surface area contributed by atoms with Crippen molar-refractivity contribution in [3.05, 3.63) is 53.6 Å². The molecule has 2 aromatic rings. The SMILES string of the molecule is Nc1ccc(CCCCCC(N)c2cc(N)ccc2N)cc1. The predicted molar refractivity (Wildman–Crippen MR) is 95.2 cm³/mol. The highest BCUT2D eigenvalue weighted by Gasteiger charge is 2.09. The van der Waals surface area contributed by atoms with Crippen LogP contribution in [0.2, 0.25) is 0 Å². The van der Waals surface area contributed by atoms with Crippen LogP contribution in [0.3, 0.4) is 0 Å². The minimum Gasteiger partial charge on any atom is -0.399 e. The Morgan fingerprint density at radius 2 is 1.45 bits per heavy atom. The zero-order valence-corrected chi connectivity index (χ0v) is 13.0. The first-order valence-corrected chi connectivity index (χ1v) is 7.81. The average molecular weight is 298 g/mol. The number of nitrogens with two attached hydrogens (primary N) is 4. The number of rotatable bonds is 7. The van der Waals surface area contributed by atoms with Crippen LogP contribution in [0.1, 0.15) is 42.9 Å². The van der Waals surface area contributed by atoms with E-state index in [0.717, 1.165) is 49.0 Å². The number of hydrogen-bond donors (Lipinski definition) is 4. The molecule has 0 aliphatic carbocycles. The lowest BCUT2D eigenvalue weighted by Crippen LogP contribution is -2.13. The summed E-state index contributed by atoms with van der Waals surface area (Å²) < 4.78 is 0. The maximum Gasteiger partial charge on any atom is 0.0363 e. The van der Waals surface area contributed by atoms with Crippen LogP contribution in [0.15, 0.2) is 42.5 Å². The predicted octanol–water partition coefficient (Wildman–Crippen LogP) is 3.24. The molecule has 1 unspecified atom stereocenters. The zero-order chi connectivity index (χ0) is 15.9. The summed E-state index contributed by atoms with van der Waals surface area (Å²) in [4.78, 5) is 0. The van der Waals surface area contributed by atoms with Gasteiger partial charge in [0.1, 0.15) is 0 Å². The molecule has 0 spiro atoms. The maximum atomic E-state index is 6.23. The van der Waals surface area contributed by atoms with Crippen LogP contribution >= 0.6 is 0 Å². The van der Waals surface area contributed by atoms with Crippen molar-refractivity contribution in [2.24, 2.45) is 5.73 Å². The number of anilines is 3. The highest BCUT2D eigenvalue weighted by atomic mass is 14.7. The molecule has 0 aliphatic heterocycles. The molecule has 0 radical (unpaired) electrons. The first kappa shape index (κ1) is 16.2. The Labute approximate surface area is 132 Å². The van der Waals surface area contributed by atoms with Crippen molar-refractivity contribution in [2.75, 3.05) is 17.2 Å². The van der Waals surface area contributed by atoms with E-state index in [1.165, 1.54) is 5.56 Å². The van der Waals surface area contributed by atoms with Crippen molar-refractivity contribution < 1.29 is 0 Å². The van der Waals surface area contributed by atoms with Gasteiger partial charge in [0, 0.05) is 23.1 Å². The largest absolute Gasteiger partial charge is 0.399 e. The Morgan fingerprint density at radius 3 is 2.18 bits per heavy atom. The molecular weight excluding hydrogens is 272 g/mol. The normalized spacial score (nSPS) is 12.2. The number of benzene rings is 2. The fourth-order valence-electron chi connectivity index (χ4n) is 2.62. The fraction of sp³-hybridized carbons (Fsp3) is 0.333. The van der Waals surface area contributed by atoms with Crippen LogP contribution in [-0.2, 0) is 6.42 Å². The van der Waals surface area contributed by atoms with Crippen molar-refractivity contribution >= 4 is 17.1 Å². The van der Waals surface area contributed by atoms with Gasteiger partial charge in [-0.15, -0.1) is 0 Å². The summed E-state index contributed by atoms with van der Waals surface area (Å²) in [5.41, 5.74) is 28.2. The minimum absolute atomic E-state index is 0.0416. The molecule has 8 N–H and O–H groups in total. The van der Waals surface area contributed by atoms with Crippen molar-refractivity contribution in [1.29, 1.82) is 0 Å². The van der Waals surface area contributed by atoms with Crippen LogP contribution in [0.5, 0.6) is 0 Å². The highest BCUT2D eigenvalue weighted by molar-refractivity contribution is 5.56. The van der Waals surface area contributed by atoms with Gasteiger partial charge in [-0.2, -0.15) is 0 Å². The lowest BCUT2D eigenvalue weighted by Gasteiger charge is -2.15. The molecule has 0 heterocycles. The summed E-state index contributed by atoms with van der Waals surface area (Å²) in [6.07, 6.45) is 5.40. The van der Waals surface area contributed by atoms with Crippen molar-refractivity contribution in [3.63, 3.8) is 0 Å². The first-order valence-electron chi connectivity index (χ1n) is 7.81. The second kappa shape index (κ2) is 7.71. The fourth-order valence-corrected chi connectivity index (χ4v) is 2.62. The molecule has 4 heteroatoms. The molecule has 1 atom stereocenters. The van der Waals surface area contributed by atoms with Gasteiger partial charge in [0.2, 0.25) is 0 Å². The van der Waals surface area contributed by atoms with E-state index in [4.69, 9.17) is 22.9 Å². The number of hydrogen-bond acceptors (Lipinski definition) is 4.